The van der Waals surface area contributed by atoms with Crippen molar-refractivity contribution in [2.75, 3.05) is 5.32 Å². The molecule has 0 aromatic heterocycles. The monoisotopic (exact) mass is 240 g/mol. The van der Waals surface area contributed by atoms with E-state index in [9.17, 15) is 18.0 Å². The smallest absolute Gasteiger partial charge is 0.244 e. The topological polar surface area (TPSA) is 52.9 Å². The van der Waals surface area contributed by atoms with Gasteiger partial charge < -0.3 is 5.32 Å². The highest BCUT2D eigenvalue weighted by Crippen LogP contribution is 2.45. The fraction of sp³-hybridized carbons (Fsp3) is 0.273. The van der Waals surface area contributed by atoms with Gasteiger partial charge in [-0.1, -0.05) is 0 Å². The molecule has 0 aliphatic heterocycles. The van der Waals surface area contributed by atoms with Crippen LogP contribution in [-0.4, -0.2) is 5.91 Å². The lowest BCUT2D eigenvalue weighted by molar-refractivity contribution is -0.119. The van der Waals surface area contributed by atoms with Crippen LogP contribution in [0.4, 0.5) is 18.9 Å². The zero-order chi connectivity index (χ0) is 12.6. The minimum atomic E-state index is -1.65. The van der Waals surface area contributed by atoms with E-state index in [1.54, 1.807) is 0 Å². The molecule has 6 heteroatoms. The Bertz CT molecular complexity index is 532. The molecule has 0 unspecified atom stereocenters. The third-order valence-corrected chi connectivity index (χ3v) is 2.68. The summed E-state index contributed by atoms with van der Waals surface area (Å²) in [6.07, 6.45) is 0.779. The molecule has 1 aliphatic rings. The van der Waals surface area contributed by atoms with Crippen molar-refractivity contribution in [3.05, 3.63) is 29.6 Å². The van der Waals surface area contributed by atoms with Crippen LogP contribution in [-0.2, 0) is 4.79 Å². The fourth-order valence-electron chi connectivity index (χ4n) is 1.38. The molecule has 1 aliphatic carbocycles. The van der Waals surface area contributed by atoms with E-state index >= 15 is 0 Å². The first-order chi connectivity index (χ1) is 8.00. The molecule has 0 heterocycles. The van der Waals surface area contributed by atoms with E-state index in [0.29, 0.717) is 18.9 Å². The van der Waals surface area contributed by atoms with Crippen molar-refractivity contribution in [2.24, 2.45) is 5.41 Å². The van der Waals surface area contributed by atoms with Gasteiger partial charge in [0.25, 0.3) is 0 Å². The second-order valence-corrected chi connectivity index (χ2v) is 3.87. The maximum absolute atomic E-state index is 13.2. The predicted octanol–water partition coefficient (Wildman–Crippen LogP) is 2.35. The number of nitriles is 1. The minimum absolute atomic E-state index is 0.390. The van der Waals surface area contributed by atoms with Gasteiger partial charge in [-0.05, 0) is 25.0 Å². The molecule has 1 amide bonds. The van der Waals surface area contributed by atoms with Gasteiger partial charge in [0.15, 0.2) is 17.5 Å². The van der Waals surface area contributed by atoms with Crippen LogP contribution >= 0.6 is 0 Å². The Hall–Kier alpha value is -2.03. The third-order valence-electron chi connectivity index (χ3n) is 2.68. The van der Waals surface area contributed by atoms with Crippen molar-refractivity contribution in [3.8, 4) is 6.07 Å². The maximum Gasteiger partial charge on any atom is 0.244 e. The number of benzene rings is 1. The van der Waals surface area contributed by atoms with Crippen molar-refractivity contribution < 1.29 is 18.0 Å². The van der Waals surface area contributed by atoms with Crippen molar-refractivity contribution in [2.45, 2.75) is 12.8 Å². The quantitative estimate of drug-likeness (QED) is 0.806. The maximum atomic E-state index is 13.2. The molecule has 0 bridgehead atoms. The predicted molar refractivity (Wildman–Crippen MR) is 52.2 cm³/mol. The highest BCUT2D eigenvalue weighted by molar-refractivity contribution is 5.99. The number of anilines is 1. The molecule has 17 heavy (non-hydrogen) atoms. The molecule has 3 nitrogen and oxygen atoms in total. The number of halogens is 3. The van der Waals surface area contributed by atoms with Crippen molar-refractivity contribution >= 4 is 11.6 Å². The van der Waals surface area contributed by atoms with Crippen LogP contribution in [0.15, 0.2) is 12.1 Å². The van der Waals surface area contributed by atoms with E-state index in [-0.39, 0.29) is 0 Å². The van der Waals surface area contributed by atoms with Gasteiger partial charge in [0, 0.05) is 0 Å². The molecule has 1 saturated carbocycles. The minimum Gasteiger partial charge on any atom is -0.322 e. The first kappa shape index (κ1) is 11.5. The summed E-state index contributed by atoms with van der Waals surface area (Å²) in [5.74, 6) is -5.14. The molecular weight excluding hydrogens is 233 g/mol. The number of rotatable bonds is 2. The summed E-state index contributed by atoms with van der Waals surface area (Å²) in [6, 6.07) is 3.44. The zero-order valence-electron chi connectivity index (χ0n) is 8.56. The van der Waals surface area contributed by atoms with Crippen molar-refractivity contribution in [3.63, 3.8) is 0 Å². The Morgan fingerprint density at radius 1 is 1.29 bits per heavy atom. The van der Waals surface area contributed by atoms with Crippen LogP contribution in [0, 0.1) is 34.2 Å². The zero-order valence-corrected chi connectivity index (χ0v) is 8.56. The van der Waals surface area contributed by atoms with E-state index in [2.05, 4.69) is 5.32 Å². The van der Waals surface area contributed by atoms with Gasteiger partial charge in [-0.15, -0.1) is 0 Å². The Balaban J connectivity index is 2.24. The third kappa shape index (κ3) is 1.84. The fourth-order valence-corrected chi connectivity index (χ4v) is 1.38. The number of hydrogen-bond donors (Lipinski definition) is 1. The Kier molecular flexibility index (Phi) is 2.54. The van der Waals surface area contributed by atoms with Crippen LogP contribution in [0.25, 0.3) is 0 Å². The summed E-state index contributed by atoms with van der Waals surface area (Å²) in [7, 11) is 0. The van der Waals surface area contributed by atoms with E-state index in [1.165, 1.54) is 0 Å². The average molecular weight is 240 g/mol. The number of hydrogen-bond acceptors (Lipinski definition) is 2. The van der Waals surface area contributed by atoms with Gasteiger partial charge in [0.1, 0.15) is 5.41 Å². The molecule has 2 rings (SSSR count). The molecule has 0 spiro atoms. The molecule has 1 aromatic rings. The van der Waals surface area contributed by atoms with Crippen LogP contribution < -0.4 is 5.32 Å². The number of carbonyl (C=O) groups is 1. The van der Waals surface area contributed by atoms with Crippen LogP contribution in [0.1, 0.15) is 12.8 Å². The summed E-state index contributed by atoms with van der Waals surface area (Å²) < 4.78 is 38.7. The van der Waals surface area contributed by atoms with Crippen LogP contribution in [0.3, 0.4) is 0 Å². The Morgan fingerprint density at radius 3 is 2.47 bits per heavy atom. The molecule has 1 aromatic carbocycles. The molecule has 1 N–H and O–H groups in total. The summed E-state index contributed by atoms with van der Waals surface area (Å²) in [5, 5.41) is 10.8. The molecule has 0 saturated heterocycles. The highest BCUT2D eigenvalue weighted by atomic mass is 19.2. The highest BCUT2D eigenvalue weighted by Gasteiger charge is 2.50. The van der Waals surface area contributed by atoms with E-state index in [1.807, 2.05) is 6.07 Å². The largest absolute Gasteiger partial charge is 0.322 e. The number of nitrogens with zero attached hydrogens (tertiary/aromatic N) is 1. The van der Waals surface area contributed by atoms with Gasteiger partial charge in [-0.25, -0.2) is 13.2 Å². The summed E-state index contributed by atoms with van der Waals surface area (Å²) in [4.78, 5) is 11.6. The Morgan fingerprint density at radius 2 is 1.94 bits per heavy atom. The lowest BCUT2D eigenvalue weighted by atomic mass is 10.1. The van der Waals surface area contributed by atoms with Gasteiger partial charge >= 0.3 is 0 Å². The van der Waals surface area contributed by atoms with Gasteiger partial charge in [0.05, 0.1) is 11.8 Å². The summed E-state index contributed by atoms with van der Waals surface area (Å²) >= 11 is 0. The second-order valence-electron chi connectivity index (χ2n) is 3.87. The number of amides is 1. The van der Waals surface area contributed by atoms with Crippen LogP contribution in [0.2, 0.25) is 0 Å². The molecular formula is C11H7F3N2O. The summed E-state index contributed by atoms with van der Waals surface area (Å²) in [5.41, 5.74) is -1.60. The van der Waals surface area contributed by atoms with Crippen molar-refractivity contribution in [1.29, 1.82) is 5.26 Å². The molecule has 0 atom stereocenters. The SMILES string of the molecule is N#CC1(C(=O)Nc2ccc(F)c(F)c2F)CC1. The van der Waals surface area contributed by atoms with Gasteiger partial charge in [-0.2, -0.15) is 5.26 Å². The first-order valence-corrected chi connectivity index (χ1v) is 4.86. The molecule has 1 fully saturated rings. The standard InChI is InChI=1S/C11H7F3N2O/c12-6-1-2-7(9(14)8(6)13)16-10(17)11(5-15)3-4-11/h1-2H,3-4H2,(H,16,17). The van der Waals surface area contributed by atoms with Gasteiger partial charge in [-0.3, -0.25) is 4.79 Å². The lowest BCUT2D eigenvalue weighted by Crippen LogP contribution is -2.23. The molecule has 88 valence electrons. The summed E-state index contributed by atoms with van der Waals surface area (Å²) in [6.45, 7) is 0. The Labute approximate surface area is 94.9 Å². The lowest BCUT2D eigenvalue weighted by Gasteiger charge is -2.09. The van der Waals surface area contributed by atoms with Crippen LogP contribution in [0.5, 0.6) is 0 Å². The first-order valence-electron chi connectivity index (χ1n) is 4.86. The number of nitrogens with one attached hydrogen (secondary N) is 1. The normalized spacial score (nSPS) is 16.1. The number of carbonyl (C=O) groups excluding carboxylic acids is 1. The van der Waals surface area contributed by atoms with E-state index in [0.717, 1.165) is 6.07 Å². The van der Waals surface area contributed by atoms with E-state index < -0.39 is 34.5 Å². The molecule has 0 radical (unpaired) electrons. The second kappa shape index (κ2) is 3.77. The van der Waals surface area contributed by atoms with Crippen molar-refractivity contribution in [1.82, 2.24) is 0 Å². The van der Waals surface area contributed by atoms with E-state index in [4.69, 9.17) is 5.26 Å². The average Bonchev–Trinajstić information content (AvgIpc) is 3.11. The van der Waals surface area contributed by atoms with Gasteiger partial charge in [0.2, 0.25) is 5.91 Å².